The van der Waals surface area contributed by atoms with E-state index in [1.165, 1.54) is 11.3 Å². The first-order valence-corrected chi connectivity index (χ1v) is 8.94. The van der Waals surface area contributed by atoms with E-state index in [-0.39, 0.29) is 0 Å². The van der Waals surface area contributed by atoms with Gasteiger partial charge in [-0.3, -0.25) is 5.10 Å². The van der Waals surface area contributed by atoms with Crippen LogP contribution < -0.4 is 9.80 Å². The molecule has 0 aliphatic carbocycles. The van der Waals surface area contributed by atoms with Gasteiger partial charge in [-0.2, -0.15) is 10.1 Å². The van der Waals surface area contributed by atoms with Crippen molar-refractivity contribution in [2.45, 2.75) is 33.6 Å². The van der Waals surface area contributed by atoms with E-state index in [1.54, 1.807) is 0 Å². The van der Waals surface area contributed by atoms with Crippen molar-refractivity contribution in [3.63, 3.8) is 0 Å². The molecule has 0 unspecified atom stereocenters. The van der Waals surface area contributed by atoms with Gasteiger partial charge in [-0.1, -0.05) is 0 Å². The van der Waals surface area contributed by atoms with Gasteiger partial charge in [-0.05, 0) is 39.2 Å². The van der Waals surface area contributed by atoms with Crippen LogP contribution in [0.25, 0.3) is 0 Å². The average Bonchev–Trinajstić information content (AvgIpc) is 2.94. The van der Waals surface area contributed by atoms with Gasteiger partial charge in [-0.15, -0.1) is 0 Å². The molecule has 0 aromatic carbocycles. The Morgan fingerprint density at radius 3 is 2.64 bits per heavy atom. The standard InChI is InChI=1S/C18H28N6O/c1-13-12-17(20-18(19-13)24-8-10-25-11-9-24)23(4)7-5-6-16-14(2)21-22-15(16)3/h12H,5-11H2,1-4H3,(H,21,22). The topological polar surface area (TPSA) is 70.2 Å². The number of nitrogens with one attached hydrogen (secondary N) is 1. The van der Waals surface area contributed by atoms with Gasteiger partial charge in [0.1, 0.15) is 5.82 Å². The maximum atomic E-state index is 5.42. The molecule has 1 N–H and O–H groups in total. The Labute approximate surface area is 149 Å². The molecule has 1 fully saturated rings. The summed E-state index contributed by atoms with van der Waals surface area (Å²) >= 11 is 0. The van der Waals surface area contributed by atoms with Crippen molar-refractivity contribution < 1.29 is 4.74 Å². The third kappa shape index (κ3) is 4.28. The number of ether oxygens (including phenoxy) is 1. The summed E-state index contributed by atoms with van der Waals surface area (Å²) in [4.78, 5) is 13.8. The Bertz CT molecular complexity index is 688. The van der Waals surface area contributed by atoms with E-state index >= 15 is 0 Å². The number of aromatic nitrogens is 4. The molecule has 0 radical (unpaired) electrons. The Kier molecular flexibility index (Phi) is 5.53. The number of hydrogen-bond acceptors (Lipinski definition) is 6. The summed E-state index contributed by atoms with van der Waals surface area (Å²) in [7, 11) is 2.10. The quantitative estimate of drug-likeness (QED) is 0.865. The number of morpholine rings is 1. The zero-order valence-electron chi connectivity index (χ0n) is 15.7. The number of H-pyrrole nitrogens is 1. The molecule has 7 nitrogen and oxygen atoms in total. The molecular weight excluding hydrogens is 316 g/mol. The molecule has 2 aromatic heterocycles. The summed E-state index contributed by atoms with van der Waals surface area (Å²) in [6, 6.07) is 2.05. The fraction of sp³-hybridized carbons (Fsp3) is 0.611. The van der Waals surface area contributed by atoms with Crippen molar-refractivity contribution in [3.8, 4) is 0 Å². The Morgan fingerprint density at radius 1 is 1.20 bits per heavy atom. The molecule has 136 valence electrons. The van der Waals surface area contributed by atoms with E-state index in [0.29, 0.717) is 0 Å². The van der Waals surface area contributed by atoms with Gasteiger partial charge in [0.25, 0.3) is 0 Å². The molecule has 1 aliphatic rings. The van der Waals surface area contributed by atoms with Gasteiger partial charge in [0.05, 0.1) is 18.9 Å². The lowest BCUT2D eigenvalue weighted by Crippen LogP contribution is -2.37. The maximum Gasteiger partial charge on any atom is 0.227 e. The van der Waals surface area contributed by atoms with Crippen LogP contribution in [0, 0.1) is 20.8 Å². The van der Waals surface area contributed by atoms with Crippen LogP contribution in [0.5, 0.6) is 0 Å². The van der Waals surface area contributed by atoms with E-state index in [9.17, 15) is 0 Å². The number of anilines is 2. The summed E-state index contributed by atoms with van der Waals surface area (Å²) < 4.78 is 5.42. The van der Waals surface area contributed by atoms with Crippen LogP contribution in [0.3, 0.4) is 0 Å². The van der Waals surface area contributed by atoms with E-state index < -0.39 is 0 Å². The first-order valence-electron chi connectivity index (χ1n) is 8.94. The Balaban J connectivity index is 1.63. The molecule has 7 heteroatoms. The van der Waals surface area contributed by atoms with Crippen LogP contribution in [-0.4, -0.2) is 60.1 Å². The van der Waals surface area contributed by atoms with Gasteiger partial charge in [-0.25, -0.2) is 4.98 Å². The normalized spacial score (nSPS) is 14.8. The second-order valence-corrected chi connectivity index (χ2v) is 6.70. The van der Waals surface area contributed by atoms with Crippen LogP contribution in [0.1, 0.15) is 29.1 Å². The van der Waals surface area contributed by atoms with Gasteiger partial charge in [0.15, 0.2) is 0 Å². The number of rotatable bonds is 6. The molecule has 1 aliphatic heterocycles. The Morgan fingerprint density at radius 2 is 1.96 bits per heavy atom. The van der Waals surface area contributed by atoms with Crippen LogP contribution in [0.4, 0.5) is 11.8 Å². The van der Waals surface area contributed by atoms with Crippen LogP contribution in [-0.2, 0) is 11.2 Å². The van der Waals surface area contributed by atoms with Crippen molar-refractivity contribution >= 4 is 11.8 Å². The smallest absolute Gasteiger partial charge is 0.227 e. The summed E-state index contributed by atoms with van der Waals surface area (Å²) in [6.07, 6.45) is 2.09. The minimum atomic E-state index is 0.742. The highest BCUT2D eigenvalue weighted by Gasteiger charge is 2.16. The molecule has 0 saturated carbocycles. The number of aromatic amines is 1. The van der Waals surface area contributed by atoms with Crippen molar-refractivity contribution in [2.24, 2.45) is 0 Å². The summed E-state index contributed by atoms with van der Waals surface area (Å²) in [6.45, 7) is 10.3. The van der Waals surface area contributed by atoms with Crippen molar-refractivity contribution in [1.82, 2.24) is 20.2 Å². The maximum absolute atomic E-state index is 5.42. The third-order valence-corrected chi connectivity index (χ3v) is 4.71. The summed E-state index contributed by atoms with van der Waals surface area (Å²) in [5, 5.41) is 7.33. The zero-order chi connectivity index (χ0) is 17.8. The number of aryl methyl sites for hydroxylation is 3. The zero-order valence-corrected chi connectivity index (χ0v) is 15.7. The lowest BCUT2D eigenvalue weighted by atomic mass is 10.1. The summed E-state index contributed by atoms with van der Waals surface area (Å²) in [5.41, 5.74) is 4.61. The average molecular weight is 344 g/mol. The predicted molar refractivity (Wildman–Crippen MR) is 99.5 cm³/mol. The van der Waals surface area contributed by atoms with Crippen LogP contribution >= 0.6 is 0 Å². The third-order valence-electron chi connectivity index (χ3n) is 4.71. The predicted octanol–water partition coefficient (Wildman–Crippen LogP) is 2.03. The van der Waals surface area contributed by atoms with E-state index in [2.05, 4.69) is 51.9 Å². The molecule has 25 heavy (non-hydrogen) atoms. The number of nitrogens with zero attached hydrogens (tertiary/aromatic N) is 5. The van der Waals surface area contributed by atoms with Crippen LogP contribution in [0.2, 0.25) is 0 Å². The van der Waals surface area contributed by atoms with Crippen molar-refractivity contribution in [1.29, 1.82) is 0 Å². The van der Waals surface area contributed by atoms with Crippen LogP contribution in [0.15, 0.2) is 6.07 Å². The minimum absolute atomic E-state index is 0.742. The van der Waals surface area contributed by atoms with E-state index in [4.69, 9.17) is 9.72 Å². The first-order chi connectivity index (χ1) is 12.0. The van der Waals surface area contributed by atoms with E-state index in [0.717, 1.165) is 68.8 Å². The van der Waals surface area contributed by atoms with Gasteiger partial charge >= 0.3 is 0 Å². The molecule has 0 amide bonds. The second-order valence-electron chi connectivity index (χ2n) is 6.70. The van der Waals surface area contributed by atoms with Gasteiger partial charge < -0.3 is 14.5 Å². The minimum Gasteiger partial charge on any atom is -0.378 e. The molecule has 3 heterocycles. The monoisotopic (exact) mass is 344 g/mol. The molecule has 0 atom stereocenters. The second kappa shape index (κ2) is 7.82. The molecule has 2 aromatic rings. The largest absolute Gasteiger partial charge is 0.378 e. The van der Waals surface area contributed by atoms with Crippen molar-refractivity contribution in [3.05, 3.63) is 28.7 Å². The highest BCUT2D eigenvalue weighted by Crippen LogP contribution is 2.18. The highest BCUT2D eigenvalue weighted by molar-refractivity contribution is 5.45. The van der Waals surface area contributed by atoms with Gasteiger partial charge in [0, 0.05) is 44.1 Å². The molecule has 3 rings (SSSR count). The van der Waals surface area contributed by atoms with E-state index in [1.807, 2.05) is 6.92 Å². The highest BCUT2D eigenvalue weighted by atomic mass is 16.5. The lowest BCUT2D eigenvalue weighted by molar-refractivity contribution is 0.122. The SMILES string of the molecule is Cc1cc(N(C)CCCc2c(C)n[nH]c2C)nc(N2CCOCC2)n1. The van der Waals surface area contributed by atoms with Crippen molar-refractivity contribution in [2.75, 3.05) is 49.7 Å². The molecule has 1 saturated heterocycles. The fourth-order valence-electron chi connectivity index (χ4n) is 3.19. The fourth-order valence-corrected chi connectivity index (χ4v) is 3.19. The Hall–Kier alpha value is -2.15. The first kappa shape index (κ1) is 17.7. The molecule has 0 bridgehead atoms. The number of hydrogen-bond donors (Lipinski definition) is 1. The lowest BCUT2D eigenvalue weighted by Gasteiger charge is -2.28. The molecule has 0 spiro atoms. The molecular formula is C18H28N6O. The van der Waals surface area contributed by atoms with Gasteiger partial charge in [0.2, 0.25) is 5.95 Å². The summed E-state index contributed by atoms with van der Waals surface area (Å²) in [5.74, 6) is 1.79.